The van der Waals surface area contributed by atoms with Gasteiger partial charge in [-0.05, 0) is 38.8 Å². The number of carbonyl (C=O) groups is 3. The second-order valence-corrected chi connectivity index (χ2v) is 8.00. The number of cyclic esters (lactones) is 1. The number of hydrogen-bond acceptors (Lipinski definition) is 5. The Bertz CT molecular complexity index is 947. The van der Waals surface area contributed by atoms with Crippen LogP contribution < -0.4 is 4.90 Å². The number of amides is 2. The van der Waals surface area contributed by atoms with Crippen molar-refractivity contribution in [3.05, 3.63) is 59.3 Å². The van der Waals surface area contributed by atoms with Crippen molar-refractivity contribution in [3.63, 3.8) is 0 Å². The van der Waals surface area contributed by atoms with Crippen molar-refractivity contribution >= 4 is 23.6 Å². The molecule has 2 aliphatic heterocycles. The van der Waals surface area contributed by atoms with E-state index in [1.807, 2.05) is 38.1 Å². The summed E-state index contributed by atoms with van der Waals surface area (Å²) in [6.45, 7) is 5.29. The number of ketones is 1. The number of Topliss-reactive ketones (excluding diaryl/α,β-unsaturated/α-hetero) is 1. The molecule has 156 valence electrons. The van der Waals surface area contributed by atoms with E-state index in [9.17, 15) is 14.4 Å². The van der Waals surface area contributed by atoms with E-state index in [2.05, 4.69) is 4.98 Å². The molecule has 0 aliphatic carbocycles. The molecule has 0 spiro atoms. The third-order valence-electron chi connectivity index (χ3n) is 5.82. The molecule has 3 heterocycles. The summed E-state index contributed by atoms with van der Waals surface area (Å²) in [5.41, 5.74) is 2.34. The smallest absolute Gasteiger partial charge is 0.415 e. The topological polar surface area (TPSA) is 79.8 Å². The summed E-state index contributed by atoms with van der Waals surface area (Å²) in [6.07, 6.45) is 2.39. The number of pyridine rings is 1. The average Bonchev–Trinajstić information content (AvgIpc) is 3.11. The molecule has 30 heavy (non-hydrogen) atoms. The molecule has 1 aromatic heterocycles. The first-order chi connectivity index (χ1) is 14.4. The molecule has 0 radical (unpaired) electrons. The van der Waals surface area contributed by atoms with Crippen LogP contribution >= 0.6 is 0 Å². The van der Waals surface area contributed by atoms with Gasteiger partial charge in [-0.25, -0.2) is 9.78 Å². The van der Waals surface area contributed by atoms with Gasteiger partial charge in [-0.2, -0.15) is 0 Å². The Balaban J connectivity index is 1.36. The fourth-order valence-electron chi connectivity index (χ4n) is 3.97. The van der Waals surface area contributed by atoms with Gasteiger partial charge in [0.25, 0.3) is 5.91 Å². The molecule has 7 heteroatoms. The van der Waals surface area contributed by atoms with E-state index in [1.54, 1.807) is 17.0 Å². The van der Waals surface area contributed by atoms with Gasteiger partial charge in [-0.15, -0.1) is 0 Å². The van der Waals surface area contributed by atoms with Crippen molar-refractivity contribution in [2.24, 2.45) is 5.92 Å². The van der Waals surface area contributed by atoms with Gasteiger partial charge in [-0.3, -0.25) is 14.5 Å². The fourth-order valence-corrected chi connectivity index (χ4v) is 3.97. The van der Waals surface area contributed by atoms with Gasteiger partial charge >= 0.3 is 6.09 Å². The van der Waals surface area contributed by atoms with Crippen molar-refractivity contribution in [1.29, 1.82) is 0 Å². The van der Waals surface area contributed by atoms with E-state index in [1.165, 1.54) is 11.1 Å². The highest BCUT2D eigenvalue weighted by Crippen LogP contribution is 2.24. The van der Waals surface area contributed by atoms with Gasteiger partial charge in [0.1, 0.15) is 12.4 Å². The van der Waals surface area contributed by atoms with Crippen LogP contribution in [0.25, 0.3) is 0 Å². The fraction of sp³-hybridized carbons (Fsp3) is 0.391. The minimum atomic E-state index is -0.422. The molecule has 1 aromatic carbocycles. The Morgan fingerprint density at radius 1 is 1.03 bits per heavy atom. The molecule has 4 rings (SSSR count). The minimum Gasteiger partial charge on any atom is -0.447 e. The third kappa shape index (κ3) is 3.92. The maximum absolute atomic E-state index is 12.8. The number of piperidine rings is 1. The molecular weight excluding hydrogens is 382 g/mol. The zero-order valence-corrected chi connectivity index (χ0v) is 17.2. The lowest BCUT2D eigenvalue weighted by Crippen LogP contribution is -2.40. The van der Waals surface area contributed by atoms with E-state index in [0.29, 0.717) is 43.9 Å². The normalized spacial score (nSPS) is 19.7. The maximum atomic E-state index is 12.8. The van der Waals surface area contributed by atoms with Gasteiger partial charge in [0, 0.05) is 30.8 Å². The van der Waals surface area contributed by atoms with Crippen molar-refractivity contribution in [2.75, 3.05) is 24.6 Å². The lowest BCUT2D eigenvalue weighted by molar-refractivity contribution is 0.0650. The first kappa shape index (κ1) is 20.1. The second-order valence-electron chi connectivity index (χ2n) is 8.00. The molecule has 7 nitrogen and oxygen atoms in total. The Hall–Kier alpha value is -3.22. The summed E-state index contributed by atoms with van der Waals surface area (Å²) < 4.78 is 5.02. The van der Waals surface area contributed by atoms with E-state index in [0.717, 1.165) is 11.1 Å². The number of aryl methyl sites for hydroxylation is 1. The Kier molecular flexibility index (Phi) is 5.53. The zero-order valence-electron chi connectivity index (χ0n) is 17.2. The van der Waals surface area contributed by atoms with Crippen LogP contribution in [0.4, 0.5) is 10.6 Å². The second kappa shape index (κ2) is 8.26. The Morgan fingerprint density at radius 3 is 2.27 bits per heavy atom. The summed E-state index contributed by atoms with van der Waals surface area (Å²) in [7, 11) is 0. The number of carbonyl (C=O) groups excluding carboxylic acids is 3. The molecule has 2 aliphatic rings. The van der Waals surface area contributed by atoms with E-state index in [-0.39, 0.29) is 23.7 Å². The van der Waals surface area contributed by atoms with Crippen LogP contribution in [0, 0.1) is 12.8 Å². The molecule has 2 aromatic rings. The molecule has 2 amide bonds. The zero-order chi connectivity index (χ0) is 21.3. The molecule has 2 saturated heterocycles. The Morgan fingerprint density at radius 2 is 1.70 bits per heavy atom. The van der Waals surface area contributed by atoms with Crippen LogP contribution in [-0.2, 0) is 4.74 Å². The van der Waals surface area contributed by atoms with Crippen molar-refractivity contribution in [3.8, 4) is 0 Å². The SMILES string of the molecule is Cc1ccc(C(=O)C2CCN(C(=O)c3ccc(N4C(=O)OC[C@H]4C)nc3)CC2)cc1. The summed E-state index contributed by atoms with van der Waals surface area (Å²) in [5.74, 6) is 0.468. The number of ether oxygens (including phenoxy) is 1. The molecule has 0 unspecified atom stereocenters. The number of hydrogen-bond donors (Lipinski definition) is 0. The third-order valence-corrected chi connectivity index (χ3v) is 5.82. The summed E-state index contributed by atoms with van der Waals surface area (Å²) in [4.78, 5) is 44.9. The van der Waals surface area contributed by atoms with Crippen LogP contribution in [0.3, 0.4) is 0 Å². The molecule has 2 fully saturated rings. The highest BCUT2D eigenvalue weighted by molar-refractivity contribution is 5.98. The van der Waals surface area contributed by atoms with E-state index < -0.39 is 6.09 Å². The average molecular weight is 407 g/mol. The summed E-state index contributed by atoms with van der Waals surface area (Å²) >= 11 is 0. The summed E-state index contributed by atoms with van der Waals surface area (Å²) in [5, 5.41) is 0. The summed E-state index contributed by atoms with van der Waals surface area (Å²) in [6, 6.07) is 10.9. The van der Waals surface area contributed by atoms with Gasteiger partial charge < -0.3 is 9.64 Å². The van der Waals surface area contributed by atoms with Gasteiger partial charge in [-0.1, -0.05) is 29.8 Å². The van der Waals surface area contributed by atoms with Crippen LogP contribution in [0.5, 0.6) is 0 Å². The molecular formula is C23H25N3O4. The largest absolute Gasteiger partial charge is 0.447 e. The number of nitrogens with zero attached hydrogens (tertiary/aromatic N) is 3. The van der Waals surface area contributed by atoms with Crippen LogP contribution in [-0.4, -0.2) is 53.4 Å². The van der Waals surface area contributed by atoms with Crippen molar-refractivity contribution < 1.29 is 19.1 Å². The maximum Gasteiger partial charge on any atom is 0.415 e. The van der Waals surface area contributed by atoms with Crippen molar-refractivity contribution in [1.82, 2.24) is 9.88 Å². The lowest BCUT2D eigenvalue weighted by atomic mass is 9.88. The molecule has 0 saturated carbocycles. The monoisotopic (exact) mass is 407 g/mol. The van der Waals surface area contributed by atoms with Gasteiger partial charge in [0.15, 0.2) is 5.78 Å². The lowest BCUT2D eigenvalue weighted by Gasteiger charge is -2.31. The highest BCUT2D eigenvalue weighted by Gasteiger charge is 2.32. The number of rotatable bonds is 4. The van der Waals surface area contributed by atoms with Crippen LogP contribution in [0.1, 0.15) is 46.0 Å². The predicted octanol–water partition coefficient (Wildman–Crippen LogP) is 3.47. The standard InChI is InChI=1S/C23H25N3O4/c1-15-3-5-17(6-4-15)21(27)18-9-11-25(12-10-18)22(28)19-7-8-20(24-13-19)26-16(2)14-30-23(26)29/h3-8,13,16,18H,9-12,14H2,1-2H3/t16-/m1/s1. The van der Waals surface area contributed by atoms with Gasteiger partial charge in [0.05, 0.1) is 11.6 Å². The van der Waals surface area contributed by atoms with E-state index in [4.69, 9.17) is 4.74 Å². The number of aromatic nitrogens is 1. The number of benzene rings is 1. The first-order valence-corrected chi connectivity index (χ1v) is 10.3. The Labute approximate surface area is 175 Å². The van der Waals surface area contributed by atoms with Crippen LogP contribution in [0.15, 0.2) is 42.6 Å². The first-order valence-electron chi connectivity index (χ1n) is 10.3. The quantitative estimate of drug-likeness (QED) is 0.725. The highest BCUT2D eigenvalue weighted by atomic mass is 16.6. The molecule has 0 bridgehead atoms. The number of likely N-dealkylation sites (tertiary alicyclic amines) is 1. The molecule has 1 atom stereocenters. The van der Waals surface area contributed by atoms with Gasteiger partial charge in [0.2, 0.25) is 0 Å². The number of anilines is 1. The van der Waals surface area contributed by atoms with Crippen molar-refractivity contribution in [2.45, 2.75) is 32.7 Å². The minimum absolute atomic E-state index is 0.0556. The van der Waals surface area contributed by atoms with Crippen LogP contribution in [0.2, 0.25) is 0 Å². The molecule has 0 N–H and O–H groups in total. The predicted molar refractivity (Wildman–Crippen MR) is 112 cm³/mol. The van der Waals surface area contributed by atoms with E-state index >= 15 is 0 Å².